The lowest BCUT2D eigenvalue weighted by Gasteiger charge is -2.35. The van der Waals surface area contributed by atoms with Gasteiger partial charge in [-0.1, -0.05) is 28.1 Å². The van der Waals surface area contributed by atoms with Gasteiger partial charge in [0, 0.05) is 18.5 Å². The van der Waals surface area contributed by atoms with Crippen LogP contribution in [0.25, 0.3) is 0 Å². The van der Waals surface area contributed by atoms with Crippen molar-refractivity contribution >= 4 is 15.9 Å². The second-order valence-corrected chi connectivity index (χ2v) is 5.68. The van der Waals surface area contributed by atoms with Crippen LogP contribution in [0.4, 0.5) is 13.2 Å². The first-order valence-electron chi connectivity index (χ1n) is 6.25. The summed E-state index contributed by atoms with van der Waals surface area (Å²) < 4.78 is 42.8. The van der Waals surface area contributed by atoms with Crippen LogP contribution in [-0.2, 0) is 17.3 Å². The first kappa shape index (κ1) is 14.9. The molecule has 0 atom stereocenters. The molecule has 1 aliphatic heterocycles. The van der Waals surface area contributed by atoms with Crippen molar-refractivity contribution in [2.75, 3.05) is 18.5 Å². The summed E-state index contributed by atoms with van der Waals surface area (Å²) in [6.45, 7) is 1.46. The van der Waals surface area contributed by atoms with E-state index in [4.69, 9.17) is 4.74 Å². The SMILES string of the molecule is FC(F)(F)c1ccc(CC2(CBr)CCOCC2)cc1. The number of benzene rings is 1. The molecule has 1 aromatic carbocycles. The van der Waals surface area contributed by atoms with Gasteiger partial charge in [-0.15, -0.1) is 0 Å². The van der Waals surface area contributed by atoms with Gasteiger partial charge in [-0.25, -0.2) is 0 Å². The summed E-state index contributed by atoms with van der Waals surface area (Å²) in [5.41, 5.74) is 0.475. The van der Waals surface area contributed by atoms with Crippen LogP contribution in [0, 0.1) is 5.41 Å². The highest BCUT2D eigenvalue weighted by atomic mass is 79.9. The molecule has 0 spiro atoms. The Morgan fingerprint density at radius 3 is 2.16 bits per heavy atom. The van der Waals surface area contributed by atoms with Crippen molar-refractivity contribution in [3.8, 4) is 0 Å². The lowest BCUT2D eigenvalue weighted by Crippen LogP contribution is -2.33. The smallest absolute Gasteiger partial charge is 0.381 e. The third kappa shape index (κ3) is 3.72. The van der Waals surface area contributed by atoms with Gasteiger partial charge < -0.3 is 4.74 Å². The van der Waals surface area contributed by atoms with Crippen LogP contribution < -0.4 is 0 Å². The summed E-state index contributed by atoms with van der Waals surface area (Å²) in [4.78, 5) is 0. The zero-order chi connectivity index (χ0) is 13.9. The molecule has 2 rings (SSSR count). The largest absolute Gasteiger partial charge is 0.416 e. The van der Waals surface area contributed by atoms with Gasteiger partial charge in [0.25, 0.3) is 0 Å². The number of halogens is 4. The van der Waals surface area contributed by atoms with E-state index in [0.717, 1.165) is 55.5 Å². The second kappa shape index (κ2) is 5.83. The summed E-state index contributed by atoms with van der Waals surface area (Å²) in [6, 6.07) is 5.50. The van der Waals surface area contributed by atoms with Crippen LogP contribution in [-0.4, -0.2) is 18.5 Å². The lowest BCUT2D eigenvalue weighted by molar-refractivity contribution is -0.137. The molecular weight excluding hydrogens is 321 g/mol. The van der Waals surface area contributed by atoms with E-state index in [1.807, 2.05) is 0 Å². The summed E-state index contributed by atoms with van der Waals surface area (Å²) in [5.74, 6) is 0. The number of alkyl halides is 4. The van der Waals surface area contributed by atoms with E-state index >= 15 is 0 Å². The molecule has 0 saturated carbocycles. The molecule has 0 amide bonds. The van der Waals surface area contributed by atoms with Crippen LogP contribution in [0.5, 0.6) is 0 Å². The Balaban J connectivity index is 2.10. The Hall–Kier alpha value is -0.550. The molecule has 0 bridgehead atoms. The fraction of sp³-hybridized carbons (Fsp3) is 0.571. The number of hydrogen-bond donors (Lipinski definition) is 0. The van der Waals surface area contributed by atoms with Gasteiger partial charge in [-0.05, 0) is 42.4 Å². The molecule has 0 aromatic heterocycles. The van der Waals surface area contributed by atoms with E-state index in [-0.39, 0.29) is 5.41 Å². The average molecular weight is 337 g/mol. The molecule has 19 heavy (non-hydrogen) atoms. The molecule has 0 aliphatic carbocycles. The molecule has 0 N–H and O–H groups in total. The minimum absolute atomic E-state index is 0.109. The molecule has 0 radical (unpaired) electrons. The number of hydrogen-bond acceptors (Lipinski definition) is 1. The average Bonchev–Trinajstić information content (AvgIpc) is 2.39. The summed E-state index contributed by atoms with van der Waals surface area (Å²) >= 11 is 3.54. The maximum atomic E-state index is 12.5. The first-order valence-corrected chi connectivity index (χ1v) is 7.37. The van der Waals surface area contributed by atoms with Gasteiger partial charge in [0.2, 0.25) is 0 Å². The third-order valence-corrected chi connectivity index (χ3v) is 4.89. The summed E-state index contributed by atoms with van der Waals surface area (Å²) in [5, 5.41) is 0.852. The van der Waals surface area contributed by atoms with Gasteiger partial charge in [0.1, 0.15) is 0 Å². The van der Waals surface area contributed by atoms with E-state index in [1.165, 1.54) is 0 Å². The second-order valence-electron chi connectivity index (χ2n) is 5.12. The van der Waals surface area contributed by atoms with Gasteiger partial charge in [-0.2, -0.15) is 13.2 Å². The Bertz CT molecular complexity index is 408. The topological polar surface area (TPSA) is 9.23 Å². The standard InChI is InChI=1S/C14H16BrF3O/c15-10-13(5-7-19-8-6-13)9-11-1-3-12(4-2-11)14(16,17)18/h1-4H,5-10H2. The molecule has 1 fully saturated rings. The van der Waals surface area contributed by atoms with Gasteiger partial charge in [-0.3, -0.25) is 0 Å². The van der Waals surface area contributed by atoms with Gasteiger partial charge in [0.05, 0.1) is 5.56 Å². The Morgan fingerprint density at radius 2 is 1.68 bits per heavy atom. The molecule has 1 aromatic rings. The molecular formula is C14H16BrF3O. The lowest BCUT2D eigenvalue weighted by atomic mass is 9.77. The van der Waals surface area contributed by atoms with Crippen LogP contribution >= 0.6 is 15.9 Å². The van der Waals surface area contributed by atoms with Crippen LogP contribution in [0.3, 0.4) is 0 Å². The number of ether oxygens (including phenoxy) is 1. The molecule has 0 unspecified atom stereocenters. The Kier molecular flexibility index (Phi) is 4.56. The Morgan fingerprint density at radius 1 is 1.11 bits per heavy atom. The van der Waals surface area contributed by atoms with Crippen LogP contribution in [0.2, 0.25) is 0 Å². The minimum Gasteiger partial charge on any atom is -0.381 e. The minimum atomic E-state index is -4.26. The summed E-state index contributed by atoms with van der Waals surface area (Å²) in [7, 11) is 0. The highest BCUT2D eigenvalue weighted by molar-refractivity contribution is 9.09. The highest BCUT2D eigenvalue weighted by Gasteiger charge is 2.33. The van der Waals surface area contributed by atoms with Crippen LogP contribution in [0.15, 0.2) is 24.3 Å². The van der Waals surface area contributed by atoms with E-state index < -0.39 is 11.7 Å². The predicted molar refractivity (Wildman–Crippen MR) is 71.4 cm³/mol. The van der Waals surface area contributed by atoms with E-state index in [2.05, 4.69) is 15.9 Å². The molecule has 1 aliphatic rings. The maximum Gasteiger partial charge on any atom is 0.416 e. The van der Waals surface area contributed by atoms with Crippen molar-refractivity contribution in [3.63, 3.8) is 0 Å². The van der Waals surface area contributed by atoms with Crippen molar-refractivity contribution in [2.45, 2.75) is 25.4 Å². The van der Waals surface area contributed by atoms with Gasteiger partial charge >= 0.3 is 6.18 Å². The molecule has 1 saturated heterocycles. The van der Waals surface area contributed by atoms with E-state index in [9.17, 15) is 13.2 Å². The molecule has 1 nitrogen and oxygen atoms in total. The number of rotatable bonds is 3. The van der Waals surface area contributed by atoms with E-state index in [1.54, 1.807) is 12.1 Å². The van der Waals surface area contributed by atoms with Crippen molar-refractivity contribution < 1.29 is 17.9 Å². The maximum absolute atomic E-state index is 12.5. The fourth-order valence-corrected chi connectivity index (χ4v) is 3.17. The molecule has 106 valence electrons. The van der Waals surface area contributed by atoms with Crippen molar-refractivity contribution in [2.24, 2.45) is 5.41 Å². The predicted octanol–water partition coefficient (Wildman–Crippen LogP) is 4.44. The third-order valence-electron chi connectivity index (χ3n) is 3.70. The van der Waals surface area contributed by atoms with Crippen LogP contribution in [0.1, 0.15) is 24.0 Å². The van der Waals surface area contributed by atoms with Crippen molar-refractivity contribution in [3.05, 3.63) is 35.4 Å². The highest BCUT2D eigenvalue weighted by Crippen LogP contribution is 2.37. The van der Waals surface area contributed by atoms with Crippen molar-refractivity contribution in [1.29, 1.82) is 0 Å². The van der Waals surface area contributed by atoms with Gasteiger partial charge in [0.15, 0.2) is 0 Å². The zero-order valence-electron chi connectivity index (χ0n) is 10.5. The van der Waals surface area contributed by atoms with E-state index in [0.29, 0.717) is 0 Å². The first-order chi connectivity index (χ1) is 8.95. The Labute approximate surface area is 119 Å². The summed E-state index contributed by atoms with van der Waals surface area (Å²) in [6.07, 6.45) is -1.58. The van der Waals surface area contributed by atoms with Crippen molar-refractivity contribution in [1.82, 2.24) is 0 Å². The quantitative estimate of drug-likeness (QED) is 0.741. The molecule has 1 heterocycles. The fourth-order valence-electron chi connectivity index (χ4n) is 2.41. The molecule has 5 heteroatoms. The monoisotopic (exact) mass is 336 g/mol. The normalized spacial score (nSPS) is 19.4. The zero-order valence-corrected chi connectivity index (χ0v) is 12.1.